The fraction of sp³-hybridized carbons (Fsp3) is 0.667. The van der Waals surface area contributed by atoms with Crippen molar-refractivity contribution in [2.75, 3.05) is 13.7 Å². The van der Waals surface area contributed by atoms with Gasteiger partial charge in [-0.15, -0.1) is 0 Å². The Kier molecular flexibility index (Phi) is 6.07. The molecule has 1 aliphatic carbocycles. The molecule has 0 aliphatic heterocycles. The minimum Gasteiger partial charge on any atom is -0.496 e. The lowest BCUT2D eigenvalue weighted by atomic mass is 9.88. The lowest BCUT2D eigenvalue weighted by molar-refractivity contribution is 0.127. The number of aryl methyl sites for hydroxylation is 1. The van der Waals surface area contributed by atoms with E-state index in [0.29, 0.717) is 6.54 Å². The summed E-state index contributed by atoms with van der Waals surface area (Å²) in [4.78, 5) is 0. The van der Waals surface area contributed by atoms with Gasteiger partial charge in [-0.2, -0.15) is 0 Å². The largest absolute Gasteiger partial charge is 0.496 e. The molecule has 0 spiro atoms. The molecule has 21 heavy (non-hydrogen) atoms. The third-order valence-corrected chi connectivity index (χ3v) is 4.92. The quantitative estimate of drug-likeness (QED) is 0.809. The average Bonchev–Trinajstić information content (AvgIpc) is 3.01. The van der Waals surface area contributed by atoms with Crippen molar-refractivity contribution in [1.82, 2.24) is 0 Å². The van der Waals surface area contributed by atoms with E-state index in [0.717, 1.165) is 35.6 Å². The summed E-state index contributed by atoms with van der Waals surface area (Å²) >= 11 is 0. The van der Waals surface area contributed by atoms with Gasteiger partial charge in [-0.25, -0.2) is 0 Å². The number of aliphatic hydroxyl groups excluding tert-OH is 1. The molecule has 1 aromatic carbocycles. The van der Waals surface area contributed by atoms with Crippen LogP contribution in [-0.4, -0.2) is 24.9 Å². The maximum absolute atomic E-state index is 10.5. The smallest absolute Gasteiger partial charge is 0.122 e. The summed E-state index contributed by atoms with van der Waals surface area (Å²) in [5.41, 5.74) is 8.11. The second-order valence-electron chi connectivity index (χ2n) is 6.37. The lowest BCUT2D eigenvalue weighted by Crippen LogP contribution is -2.26. The van der Waals surface area contributed by atoms with Gasteiger partial charge in [0.1, 0.15) is 5.75 Å². The Hall–Kier alpha value is -1.06. The molecule has 3 nitrogen and oxygen atoms in total. The van der Waals surface area contributed by atoms with Crippen molar-refractivity contribution in [3.63, 3.8) is 0 Å². The van der Waals surface area contributed by atoms with Crippen molar-refractivity contribution in [3.8, 4) is 5.75 Å². The lowest BCUT2D eigenvalue weighted by Gasteiger charge is -2.24. The summed E-state index contributed by atoms with van der Waals surface area (Å²) < 4.78 is 5.38. The van der Waals surface area contributed by atoms with Crippen molar-refractivity contribution in [2.45, 2.75) is 57.5 Å². The Labute approximate surface area is 128 Å². The van der Waals surface area contributed by atoms with Crippen LogP contribution in [0, 0.1) is 12.8 Å². The fourth-order valence-electron chi connectivity index (χ4n) is 3.49. The third kappa shape index (κ3) is 4.21. The topological polar surface area (TPSA) is 55.5 Å². The van der Waals surface area contributed by atoms with Crippen LogP contribution in [-0.2, 0) is 0 Å². The van der Waals surface area contributed by atoms with E-state index in [1.807, 2.05) is 19.1 Å². The van der Waals surface area contributed by atoms with Crippen LogP contribution in [0.2, 0.25) is 0 Å². The maximum Gasteiger partial charge on any atom is 0.122 e. The summed E-state index contributed by atoms with van der Waals surface area (Å²) in [6, 6.07) is 6.13. The molecule has 1 saturated carbocycles. The second-order valence-corrected chi connectivity index (χ2v) is 6.37. The molecule has 118 valence electrons. The molecule has 0 heterocycles. The highest BCUT2D eigenvalue weighted by Gasteiger charge is 2.23. The van der Waals surface area contributed by atoms with Crippen LogP contribution in [0.5, 0.6) is 5.75 Å². The van der Waals surface area contributed by atoms with Gasteiger partial charge in [0.2, 0.25) is 0 Å². The molecule has 1 aromatic rings. The number of rotatable bonds is 7. The first-order valence-corrected chi connectivity index (χ1v) is 8.18. The predicted octanol–water partition coefficient (Wildman–Crippen LogP) is 3.38. The summed E-state index contributed by atoms with van der Waals surface area (Å²) in [6.07, 6.45) is 7.00. The number of nitrogens with two attached hydrogens (primary N) is 1. The first-order chi connectivity index (χ1) is 10.2. The number of methoxy groups -OCH3 is 1. The van der Waals surface area contributed by atoms with E-state index in [9.17, 15) is 5.11 Å². The van der Waals surface area contributed by atoms with E-state index < -0.39 is 0 Å². The predicted molar refractivity (Wildman–Crippen MR) is 86.7 cm³/mol. The number of hydrogen-bond donors (Lipinski definition) is 2. The van der Waals surface area contributed by atoms with Gasteiger partial charge >= 0.3 is 0 Å². The Morgan fingerprint density at radius 3 is 2.67 bits per heavy atom. The van der Waals surface area contributed by atoms with Gasteiger partial charge in [-0.1, -0.05) is 37.8 Å². The average molecular weight is 291 g/mol. The monoisotopic (exact) mass is 291 g/mol. The molecule has 0 bridgehead atoms. The molecule has 0 saturated heterocycles. The summed E-state index contributed by atoms with van der Waals surface area (Å²) in [5, 5.41) is 10.5. The number of ether oxygens (including phenoxy) is 1. The van der Waals surface area contributed by atoms with Crippen molar-refractivity contribution in [1.29, 1.82) is 0 Å². The summed E-state index contributed by atoms with van der Waals surface area (Å²) in [6.45, 7) is 2.49. The van der Waals surface area contributed by atoms with Gasteiger partial charge in [0.25, 0.3) is 0 Å². The number of hydrogen-bond acceptors (Lipinski definition) is 3. The van der Waals surface area contributed by atoms with Gasteiger partial charge in [0.15, 0.2) is 0 Å². The van der Waals surface area contributed by atoms with Gasteiger partial charge in [0, 0.05) is 12.5 Å². The molecule has 3 heteroatoms. The molecule has 2 atom stereocenters. The SMILES string of the molecule is COc1cc(C(CN)C(O)CCC2CCCC2)ccc1C. The molecule has 2 rings (SSSR count). The zero-order valence-corrected chi connectivity index (χ0v) is 13.3. The Balaban J connectivity index is 2.00. The Morgan fingerprint density at radius 1 is 1.33 bits per heavy atom. The van der Waals surface area contributed by atoms with Crippen LogP contribution >= 0.6 is 0 Å². The van der Waals surface area contributed by atoms with Crippen molar-refractivity contribution >= 4 is 0 Å². The molecular weight excluding hydrogens is 262 g/mol. The highest BCUT2D eigenvalue weighted by Crippen LogP contribution is 2.32. The molecule has 0 amide bonds. The highest BCUT2D eigenvalue weighted by molar-refractivity contribution is 5.38. The van der Waals surface area contributed by atoms with Gasteiger partial charge < -0.3 is 15.6 Å². The first-order valence-electron chi connectivity index (χ1n) is 8.18. The van der Waals surface area contributed by atoms with Crippen LogP contribution < -0.4 is 10.5 Å². The van der Waals surface area contributed by atoms with Crippen LogP contribution in [0.25, 0.3) is 0 Å². The van der Waals surface area contributed by atoms with E-state index >= 15 is 0 Å². The second kappa shape index (κ2) is 7.81. The van der Waals surface area contributed by atoms with Crippen LogP contribution in [0.3, 0.4) is 0 Å². The number of benzene rings is 1. The van der Waals surface area contributed by atoms with Crippen LogP contribution in [0.1, 0.15) is 55.6 Å². The molecule has 0 radical (unpaired) electrons. The normalized spacial score (nSPS) is 18.7. The molecule has 1 aliphatic rings. The molecule has 3 N–H and O–H groups in total. The van der Waals surface area contributed by atoms with Gasteiger partial charge in [0.05, 0.1) is 13.2 Å². The van der Waals surface area contributed by atoms with Gasteiger partial charge in [-0.05, 0) is 42.9 Å². The van der Waals surface area contributed by atoms with Gasteiger partial charge in [-0.3, -0.25) is 0 Å². The van der Waals surface area contributed by atoms with Crippen molar-refractivity contribution < 1.29 is 9.84 Å². The standard InChI is InChI=1S/C18H29NO2/c1-13-7-9-15(11-18(13)21-2)16(12-19)17(20)10-8-14-5-3-4-6-14/h7,9,11,14,16-17,20H,3-6,8,10,12,19H2,1-2H3. The Bertz CT molecular complexity index is 441. The summed E-state index contributed by atoms with van der Waals surface area (Å²) in [7, 11) is 1.68. The van der Waals surface area contributed by atoms with E-state index in [1.54, 1.807) is 7.11 Å². The van der Waals surface area contributed by atoms with E-state index in [4.69, 9.17) is 10.5 Å². The fourth-order valence-corrected chi connectivity index (χ4v) is 3.49. The van der Waals surface area contributed by atoms with E-state index in [2.05, 4.69) is 6.07 Å². The van der Waals surface area contributed by atoms with Crippen LogP contribution in [0.15, 0.2) is 18.2 Å². The highest BCUT2D eigenvalue weighted by atomic mass is 16.5. The zero-order chi connectivity index (χ0) is 15.2. The molecule has 2 unspecified atom stereocenters. The van der Waals surface area contributed by atoms with Crippen LogP contribution in [0.4, 0.5) is 0 Å². The molecule has 0 aromatic heterocycles. The minimum atomic E-state index is -0.358. The first kappa shape index (κ1) is 16.3. The van der Waals surface area contributed by atoms with E-state index in [1.165, 1.54) is 25.7 Å². The zero-order valence-electron chi connectivity index (χ0n) is 13.3. The maximum atomic E-state index is 10.5. The number of aliphatic hydroxyl groups is 1. The van der Waals surface area contributed by atoms with Crippen molar-refractivity contribution in [2.24, 2.45) is 11.7 Å². The molecule has 1 fully saturated rings. The summed E-state index contributed by atoms with van der Waals surface area (Å²) in [5.74, 6) is 1.68. The Morgan fingerprint density at radius 2 is 2.05 bits per heavy atom. The van der Waals surface area contributed by atoms with E-state index in [-0.39, 0.29) is 12.0 Å². The minimum absolute atomic E-state index is 0.000836. The molecular formula is C18H29NO2. The third-order valence-electron chi connectivity index (χ3n) is 4.92. The van der Waals surface area contributed by atoms with Crippen molar-refractivity contribution in [3.05, 3.63) is 29.3 Å².